The maximum Gasteiger partial charge on any atom is 0.261 e. The molecular formula is C26H26N2O3. The topological polar surface area (TPSA) is 64.3 Å². The third kappa shape index (κ3) is 4.52. The number of aliphatic hydroxyl groups excluding tert-OH is 1. The van der Waals surface area contributed by atoms with Crippen molar-refractivity contribution in [1.82, 2.24) is 9.55 Å². The lowest BCUT2D eigenvalue weighted by molar-refractivity contribution is 0.0914. The van der Waals surface area contributed by atoms with E-state index in [2.05, 4.69) is 31.0 Å². The van der Waals surface area contributed by atoms with E-state index in [0.29, 0.717) is 16.7 Å². The van der Waals surface area contributed by atoms with E-state index in [1.807, 2.05) is 48.5 Å². The number of aliphatic hydroxyl groups is 1. The average Bonchev–Trinajstić information content (AvgIpc) is 2.80. The molecule has 1 atom stereocenters. The van der Waals surface area contributed by atoms with E-state index in [0.717, 1.165) is 0 Å². The van der Waals surface area contributed by atoms with Gasteiger partial charge in [0, 0.05) is 5.41 Å². The van der Waals surface area contributed by atoms with Gasteiger partial charge in [0.1, 0.15) is 18.5 Å². The van der Waals surface area contributed by atoms with Crippen LogP contribution in [-0.2, 0) is 12.0 Å². The van der Waals surface area contributed by atoms with Crippen LogP contribution in [0.1, 0.15) is 25.0 Å². The van der Waals surface area contributed by atoms with Crippen LogP contribution in [0.25, 0.3) is 10.9 Å². The van der Waals surface area contributed by atoms with E-state index in [-0.39, 0.29) is 24.1 Å². The first-order valence-corrected chi connectivity index (χ1v) is 10.4. The number of hydrogen-bond acceptors (Lipinski definition) is 4. The zero-order valence-corrected chi connectivity index (χ0v) is 17.7. The van der Waals surface area contributed by atoms with Gasteiger partial charge in [-0.1, -0.05) is 68.4 Å². The lowest BCUT2D eigenvalue weighted by Gasteiger charge is -2.26. The Labute approximate surface area is 181 Å². The molecule has 1 unspecified atom stereocenters. The van der Waals surface area contributed by atoms with E-state index in [4.69, 9.17) is 4.74 Å². The van der Waals surface area contributed by atoms with Crippen molar-refractivity contribution in [2.45, 2.75) is 31.9 Å². The van der Waals surface area contributed by atoms with Gasteiger partial charge in [0.05, 0.1) is 23.8 Å². The van der Waals surface area contributed by atoms with Crippen LogP contribution in [-0.4, -0.2) is 27.4 Å². The fourth-order valence-corrected chi connectivity index (χ4v) is 3.70. The number of hydrogen-bond donors (Lipinski definition) is 1. The number of nitrogens with zero attached hydrogens (tertiary/aromatic N) is 2. The molecule has 3 aromatic carbocycles. The minimum absolute atomic E-state index is 0.0840. The van der Waals surface area contributed by atoms with Crippen molar-refractivity contribution < 1.29 is 9.84 Å². The Morgan fingerprint density at radius 2 is 1.58 bits per heavy atom. The SMILES string of the molecule is CC(C)(c1ccccc1)c1ccc(OCC(O)Cn2cnc3ccccc3c2=O)cc1. The maximum absolute atomic E-state index is 12.6. The zero-order chi connectivity index (χ0) is 21.8. The molecule has 0 aliphatic rings. The second-order valence-corrected chi connectivity index (χ2v) is 8.20. The largest absolute Gasteiger partial charge is 0.491 e. The smallest absolute Gasteiger partial charge is 0.261 e. The quantitative estimate of drug-likeness (QED) is 0.493. The highest BCUT2D eigenvalue weighted by molar-refractivity contribution is 5.76. The van der Waals surface area contributed by atoms with Crippen molar-refractivity contribution in [2.24, 2.45) is 0 Å². The van der Waals surface area contributed by atoms with E-state index in [9.17, 15) is 9.90 Å². The van der Waals surface area contributed by atoms with E-state index in [1.54, 1.807) is 18.2 Å². The normalized spacial score (nSPS) is 12.6. The first-order valence-electron chi connectivity index (χ1n) is 10.4. The molecule has 0 bridgehead atoms. The third-order valence-electron chi connectivity index (χ3n) is 5.65. The summed E-state index contributed by atoms with van der Waals surface area (Å²) in [5.74, 6) is 0.677. The number of para-hydroxylation sites is 1. The van der Waals surface area contributed by atoms with E-state index < -0.39 is 6.10 Å². The van der Waals surface area contributed by atoms with Gasteiger partial charge in [0.2, 0.25) is 0 Å². The van der Waals surface area contributed by atoms with Gasteiger partial charge in [0.25, 0.3) is 5.56 Å². The molecule has 5 heteroatoms. The number of rotatable bonds is 7. The predicted molar refractivity (Wildman–Crippen MR) is 123 cm³/mol. The Morgan fingerprint density at radius 1 is 0.935 bits per heavy atom. The molecule has 0 spiro atoms. The molecule has 0 saturated heterocycles. The molecule has 1 heterocycles. The number of fused-ring (bicyclic) bond motifs is 1. The summed E-state index contributed by atoms with van der Waals surface area (Å²) in [5, 5.41) is 10.9. The second-order valence-electron chi connectivity index (χ2n) is 8.20. The van der Waals surface area contributed by atoms with Crippen molar-refractivity contribution in [1.29, 1.82) is 0 Å². The Balaban J connectivity index is 1.39. The van der Waals surface area contributed by atoms with Crippen molar-refractivity contribution in [3.8, 4) is 5.75 Å². The van der Waals surface area contributed by atoms with Crippen molar-refractivity contribution in [3.05, 3.63) is 107 Å². The summed E-state index contributed by atoms with van der Waals surface area (Å²) >= 11 is 0. The molecule has 0 fully saturated rings. The van der Waals surface area contributed by atoms with E-state index in [1.165, 1.54) is 22.0 Å². The summed E-state index contributed by atoms with van der Waals surface area (Å²) in [4.78, 5) is 16.8. The minimum atomic E-state index is -0.832. The lowest BCUT2D eigenvalue weighted by Crippen LogP contribution is -2.30. The highest BCUT2D eigenvalue weighted by Gasteiger charge is 2.22. The van der Waals surface area contributed by atoms with Crippen LogP contribution in [0.2, 0.25) is 0 Å². The fraction of sp³-hybridized carbons (Fsp3) is 0.231. The molecule has 0 aliphatic heterocycles. The molecule has 0 radical (unpaired) electrons. The minimum Gasteiger partial charge on any atom is -0.491 e. The first-order chi connectivity index (χ1) is 14.9. The first kappa shape index (κ1) is 20.8. The van der Waals surface area contributed by atoms with Crippen LogP contribution in [0, 0.1) is 0 Å². The van der Waals surface area contributed by atoms with E-state index >= 15 is 0 Å². The number of ether oxygens (including phenoxy) is 1. The molecule has 0 saturated carbocycles. The van der Waals surface area contributed by atoms with Crippen molar-refractivity contribution in [2.75, 3.05) is 6.61 Å². The molecule has 158 valence electrons. The van der Waals surface area contributed by atoms with Crippen LogP contribution in [0.3, 0.4) is 0 Å². The highest BCUT2D eigenvalue weighted by atomic mass is 16.5. The molecule has 1 aromatic heterocycles. The third-order valence-corrected chi connectivity index (χ3v) is 5.65. The number of benzene rings is 3. The van der Waals surface area contributed by atoms with Gasteiger partial charge in [-0.25, -0.2) is 4.98 Å². The Morgan fingerprint density at radius 3 is 2.32 bits per heavy atom. The Kier molecular flexibility index (Phi) is 5.87. The van der Waals surface area contributed by atoms with Crippen molar-refractivity contribution in [3.63, 3.8) is 0 Å². The average molecular weight is 415 g/mol. The van der Waals surface area contributed by atoms with Gasteiger partial charge in [-0.3, -0.25) is 9.36 Å². The van der Waals surface area contributed by atoms with Gasteiger partial charge in [-0.05, 0) is 35.4 Å². The second kappa shape index (κ2) is 8.74. The highest BCUT2D eigenvalue weighted by Crippen LogP contribution is 2.32. The summed E-state index contributed by atoms with van der Waals surface area (Å²) in [6.45, 7) is 4.59. The molecule has 1 N–H and O–H groups in total. The molecule has 0 amide bonds. The summed E-state index contributed by atoms with van der Waals surface area (Å²) in [7, 11) is 0. The fourth-order valence-electron chi connectivity index (χ4n) is 3.70. The molecule has 4 rings (SSSR count). The van der Waals surface area contributed by atoms with Gasteiger partial charge in [-0.2, -0.15) is 0 Å². The standard InChI is InChI=1S/C26H26N2O3/c1-26(2,19-8-4-3-5-9-19)20-12-14-22(15-13-20)31-17-21(29)16-28-18-27-24-11-7-6-10-23(24)25(28)30/h3-15,18,21,29H,16-17H2,1-2H3. The van der Waals surface area contributed by atoms with Crippen LogP contribution in [0.5, 0.6) is 5.75 Å². The van der Waals surface area contributed by atoms with Gasteiger partial charge < -0.3 is 9.84 Å². The van der Waals surface area contributed by atoms with Gasteiger partial charge in [0.15, 0.2) is 0 Å². The zero-order valence-electron chi connectivity index (χ0n) is 17.7. The maximum atomic E-state index is 12.6. The summed E-state index contributed by atoms with van der Waals surface area (Å²) in [6, 6.07) is 25.5. The summed E-state index contributed by atoms with van der Waals surface area (Å²) in [6.07, 6.45) is 0.634. The summed E-state index contributed by atoms with van der Waals surface area (Å²) < 4.78 is 7.17. The van der Waals surface area contributed by atoms with Gasteiger partial charge in [-0.15, -0.1) is 0 Å². The molecule has 31 heavy (non-hydrogen) atoms. The van der Waals surface area contributed by atoms with Crippen LogP contribution >= 0.6 is 0 Å². The predicted octanol–water partition coefficient (Wildman–Crippen LogP) is 4.16. The number of aromatic nitrogens is 2. The molecular weight excluding hydrogens is 388 g/mol. The molecule has 0 aliphatic carbocycles. The van der Waals surface area contributed by atoms with Gasteiger partial charge >= 0.3 is 0 Å². The Bertz CT molecular complexity index is 1210. The Hall–Kier alpha value is -3.44. The van der Waals surface area contributed by atoms with Crippen LogP contribution in [0.15, 0.2) is 90.0 Å². The van der Waals surface area contributed by atoms with Crippen LogP contribution in [0.4, 0.5) is 0 Å². The lowest BCUT2D eigenvalue weighted by atomic mass is 9.78. The summed E-state index contributed by atoms with van der Waals surface area (Å²) in [5.41, 5.74) is 2.78. The van der Waals surface area contributed by atoms with Crippen LogP contribution < -0.4 is 10.3 Å². The monoisotopic (exact) mass is 414 g/mol. The molecule has 5 nitrogen and oxygen atoms in total. The van der Waals surface area contributed by atoms with Crippen molar-refractivity contribution >= 4 is 10.9 Å². The molecule has 4 aromatic rings.